The van der Waals surface area contributed by atoms with Crippen molar-refractivity contribution in [3.63, 3.8) is 0 Å². The molecular weight excluding hydrogens is 404 g/mol. The third kappa shape index (κ3) is 4.18. The van der Waals surface area contributed by atoms with Crippen molar-refractivity contribution in [2.75, 3.05) is 13.4 Å². The summed E-state index contributed by atoms with van der Waals surface area (Å²) in [6.45, 7) is 0. The molecule has 1 aromatic heterocycles. The Balaban J connectivity index is 1.82. The van der Waals surface area contributed by atoms with Gasteiger partial charge in [0.1, 0.15) is 10.6 Å². The maximum absolute atomic E-state index is 12.6. The zero-order chi connectivity index (χ0) is 21.5. The third-order valence-corrected chi connectivity index (χ3v) is 6.65. The number of hydrogen-bond donors (Lipinski definition) is 2. The number of amides is 1. The summed E-state index contributed by atoms with van der Waals surface area (Å²) in [5.41, 5.74) is 2.68. The highest BCUT2D eigenvalue weighted by Gasteiger charge is 2.27. The highest BCUT2D eigenvalue weighted by atomic mass is 32.2. The largest absolute Gasteiger partial charge is 0.495 e. The van der Waals surface area contributed by atoms with Gasteiger partial charge in [0.15, 0.2) is 9.84 Å². The molecule has 2 aliphatic rings. The van der Waals surface area contributed by atoms with Gasteiger partial charge < -0.3 is 15.0 Å². The van der Waals surface area contributed by atoms with Crippen molar-refractivity contribution < 1.29 is 17.9 Å². The third-order valence-electron chi connectivity index (χ3n) is 5.52. The van der Waals surface area contributed by atoms with Crippen molar-refractivity contribution in [1.82, 2.24) is 10.3 Å². The molecule has 1 amide bonds. The number of H-pyrrole nitrogens is 1. The van der Waals surface area contributed by atoms with Gasteiger partial charge in [0.05, 0.1) is 7.11 Å². The van der Waals surface area contributed by atoms with E-state index in [4.69, 9.17) is 4.74 Å². The van der Waals surface area contributed by atoms with Gasteiger partial charge in [0, 0.05) is 35.5 Å². The molecule has 2 aromatic rings. The van der Waals surface area contributed by atoms with Crippen LogP contribution < -0.4 is 15.6 Å². The molecule has 1 saturated carbocycles. The zero-order valence-corrected chi connectivity index (χ0v) is 17.7. The van der Waals surface area contributed by atoms with Crippen molar-refractivity contribution >= 4 is 21.3 Å². The summed E-state index contributed by atoms with van der Waals surface area (Å²) in [4.78, 5) is 27.3. The number of ether oxygens (including phenoxy) is 1. The normalized spacial score (nSPS) is 19.6. The Morgan fingerprint density at radius 3 is 2.47 bits per heavy atom. The van der Waals surface area contributed by atoms with Crippen LogP contribution in [0.1, 0.15) is 48.4 Å². The van der Waals surface area contributed by atoms with Crippen LogP contribution in [0.4, 0.5) is 0 Å². The van der Waals surface area contributed by atoms with Crippen LogP contribution in [0.15, 0.2) is 46.1 Å². The topological polar surface area (TPSA) is 105 Å². The molecule has 4 rings (SSSR count). The van der Waals surface area contributed by atoms with E-state index >= 15 is 0 Å². The lowest BCUT2D eigenvalue weighted by Gasteiger charge is -2.15. The average molecular weight is 429 g/mol. The monoisotopic (exact) mass is 428 g/mol. The molecule has 0 radical (unpaired) electrons. The van der Waals surface area contributed by atoms with Crippen molar-refractivity contribution in [2.45, 2.75) is 42.5 Å². The molecule has 30 heavy (non-hydrogen) atoms. The molecule has 1 aliphatic carbocycles. The molecule has 2 N–H and O–H groups in total. The number of benzene rings is 1. The number of aromatic nitrogens is 1. The van der Waals surface area contributed by atoms with Crippen LogP contribution in [0.2, 0.25) is 0 Å². The van der Waals surface area contributed by atoms with E-state index in [1.807, 2.05) is 18.2 Å². The van der Waals surface area contributed by atoms with Crippen LogP contribution in [0.25, 0.3) is 5.57 Å². The van der Waals surface area contributed by atoms with Gasteiger partial charge in [-0.3, -0.25) is 9.59 Å². The minimum absolute atomic E-state index is 0.0156. The predicted molar refractivity (Wildman–Crippen MR) is 113 cm³/mol. The summed E-state index contributed by atoms with van der Waals surface area (Å²) in [7, 11) is -2.04. The number of carbonyl (C=O) groups excluding carboxylic acids is 1. The molecule has 0 bridgehead atoms. The summed E-state index contributed by atoms with van der Waals surface area (Å²) >= 11 is 0. The lowest BCUT2D eigenvalue weighted by atomic mass is 9.98. The molecule has 0 spiro atoms. The second-order valence-electron chi connectivity index (χ2n) is 7.86. The Kier molecular flexibility index (Phi) is 5.27. The van der Waals surface area contributed by atoms with Crippen LogP contribution >= 0.6 is 0 Å². The van der Waals surface area contributed by atoms with Crippen LogP contribution in [-0.4, -0.2) is 38.7 Å². The van der Waals surface area contributed by atoms with Gasteiger partial charge in [-0.2, -0.15) is 0 Å². The Morgan fingerprint density at radius 2 is 1.90 bits per heavy atom. The summed E-state index contributed by atoms with van der Waals surface area (Å²) in [6, 6.07) is 8.39. The van der Waals surface area contributed by atoms with Crippen LogP contribution in [0.5, 0.6) is 5.75 Å². The predicted octanol–water partition coefficient (Wildman–Crippen LogP) is 2.37. The number of nitrogens with one attached hydrogen (secondary N) is 2. The van der Waals surface area contributed by atoms with E-state index < -0.39 is 9.84 Å². The van der Waals surface area contributed by atoms with E-state index in [2.05, 4.69) is 10.3 Å². The van der Waals surface area contributed by atoms with Crippen molar-refractivity contribution in [3.05, 3.63) is 63.6 Å². The number of carbonyl (C=O) groups is 1. The summed E-state index contributed by atoms with van der Waals surface area (Å²) in [5.74, 6) is 0.546. The first-order chi connectivity index (χ1) is 14.3. The molecule has 1 aromatic carbocycles. The molecular formula is C22H24N2O5S. The highest BCUT2D eigenvalue weighted by molar-refractivity contribution is 7.90. The van der Waals surface area contributed by atoms with Gasteiger partial charge in [-0.15, -0.1) is 0 Å². The number of methoxy groups -OCH3 is 1. The minimum Gasteiger partial charge on any atom is -0.495 e. The number of aromatic amines is 1. The van der Waals surface area contributed by atoms with Gasteiger partial charge in [0.25, 0.3) is 5.56 Å². The molecule has 0 unspecified atom stereocenters. The summed E-state index contributed by atoms with van der Waals surface area (Å²) < 4.78 is 29.4. The SMILES string of the molecule is COc1cc(/C(=C\[C@H]2CCC(=O)N2)c2ccc(C3CC3)c(=O)[nH]2)ccc1S(C)(=O)=O. The van der Waals surface area contributed by atoms with Crippen LogP contribution in [0, 0.1) is 0 Å². The fourth-order valence-corrected chi connectivity index (χ4v) is 4.63. The minimum atomic E-state index is -3.46. The van der Waals surface area contributed by atoms with E-state index in [1.54, 1.807) is 12.1 Å². The van der Waals surface area contributed by atoms with E-state index in [0.29, 0.717) is 35.6 Å². The van der Waals surface area contributed by atoms with E-state index in [-0.39, 0.29) is 28.2 Å². The maximum atomic E-state index is 12.6. The van der Waals surface area contributed by atoms with Gasteiger partial charge >= 0.3 is 0 Å². The summed E-state index contributed by atoms with van der Waals surface area (Å²) in [5, 5.41) is 2.91. The lowest BCUT2D eigenvalue weighted by Crippen LogP contribution is -2.23. The summed E-state index contributed by atoms with van der Waals surface area (Å²) in [6.07, 6.45) is 6.20. The first-order valence-corrected chi connectivity index (χ1v) is 11.8. The molecule has 1 atom stereocenters. The standard InChI is InChI=1S/C22H24N2O5S/c1-29-19-11-14(5-9-20(19)30(2,27)28)17(12-15-6-10-21(25)23-15)18-8-7-16(13-3-4-13)22(26)24-18/h5,7-9,11-13,15H,3-4,6,10H2,1-2H3,(H,23,25)(H,24,26)/b17-12+/t15-/m1/s1. The lowest BCUT2D eigenvalue weighted by molar-refractivity contribution is -0.119. The van der Waals surface area contributed by atoms with E-state index in [9.17, 15) is 18.0 Å². The van der Waals surface area contributed by atoms with Crippen LogP contribution in [-0.2, 0) is 14.6 Å². The molecule has 2 fully saturated rings. The van der Waals surface area contributed by atoms with E-state index in [1.165, 1.54) is 13.2 Å². The molecule has 2 heterocycles. The molecule has 158 valence electrons. The van der Waals surface area contributed by atoms with Gasteiger partial charge in [-0.1, -0.05) is 18.2 Å². The molecule has 7 nitrogen and oxygen atoms in total. The Hall–Kier alpha value is -2.87. The Labute approximate surface area is 175 Å². The second-order valence-corrected chi connectivity index (χ2v) is 9.85. The Morgan fingerprint density at radius 1 is 1.13 bits per heavy atom. The smallest absolute Gasteiger partial charge is 0.251 e. The van der Waals surface area contributed by atoms with Crippen LogP contribution in [0.3, 0.4) is 0 Å². The molecule has 8 heteroatoms. The fourth-order valence-electron chi connectivity index (χ4n) is 3.80. The van der Waals surface area contributed by atoms with Crippen molar-refractivity contribution in [1.29, 1.82) is 0 Å². The van der Waals surface area contributed by atoms with Gasteiger partial charge in [-0.25, -0.2) is 8.42 Å². The van der Waals surface area contributed by atoms with Crippen molar-refractivity contribution in [2.24, 2.45) is 0 Å². The van der Waals surface area contributed by atoms with Crippen molar-refractivity contribution in [3.8, 4) is 5.75 Å². The fraction of sp³-hybridized carbons (Fsp3) is 0.364. The first-order valence-electron chi connectivity index (χ1n) is 9.89. The van der Waals surface area contributed by atoms with Gasteiger partial charge in [-0.05, 0) is 48.9 Å². The maximum Gasteiger partial charge on any atom is 0.251 e. The highest BCUT2D eigenvalue weighted by Crippen LogP contribution is 2.38. The number of rotatable bonds is 6. The molecule has 1 aliphatic heterocycles. The average Bonchev–Trinajstić information content (AvgIpc) is 3.46. The quantitative estimate of drug-likeness (QED) is 0.735. The zero-order valence-electron chi connectivity index (χ0n) is 16.9. The Bertz CT molecular complexity index is 1190. The number of pyridine rings is 1. The van der Waals surface area contributed by atoms with Gasteiger partial charge in [0.2, 0.25) is 5.91 Å². The second kappa shape index (κ2) is 7.75. The number of hydrogen-bond acceptors (Lipinski definition) is 5. The van der Waals surface area contributed by atoms with E-state index in [0.717, 1.165) is 24.7 Å². The molecule has 1 saturated heterocycles. The number of sulfone groups is 1. The first kappa shape index (κ1) is 20.4.